The first-order valence-electron chi connectivity index (χ1n) is 8.30. The number of Topliss-reactive ketones (excluding diaryl/α,β-unsaturated/α-hetero) is 1. The quantitative estimate of drug-likeness (QED) is 0.414. The average Bonchev–Trinajstić information content (AvgIpc) is 3.13. The maximum atomic E-state index is 11.4. The highest BCUT2D eigenvalue weighted by atomic mass is 32.2. The van der Waals surface area contributed by atoms with Gasteiger partial charge in [0.25, 0.3) is 0 Å². The third kappa shape index (κ3) is 6.06. The predicted octanol–water partition coefficient (Wildman–Crippen LogP) is 4.02. The molecule has 1 unspecified atom stereocenters. The third-order valence-corrected chi connectivity index (χ3v) is 5.63. The van der Waals surface area contributed by atoms with Gasteiger partial charge in [0.05, 0.1) is 6.10 Å². The predicted molar refractivity (Wildman–Crippen MR) is 108 cm³/mol. The number of nitrogens with zero attached hydrogens (tertiary/aromatic N) is 2. The Kier molecular flexibility index (Phi) is 6.80. The van der Waals surface area contributed by atoms with Gasteiger partial charge in [-0.05, 0) is 31.2 Å². The Morgan fingerprint density at radius 1 is 1.22 bits per heavy atom. The molecule has 0 saturated carbocycles. The molecule has 2 aromatic carbocycles. The molecule has 0 aliphatic heterocycles. The maximum absolute atomic E-state index is 11.4. The van der Waals surface area contributed by atoms with Crippen molar-refractivity contribution in [2.45, 2.75) is 17.4 Å². The average molecular weight is 402 g/mol. The van der Waals surface area contributed by atoms with Crippen molar-refractivity contribution in [3.05, 3.63) is 60.2 Å². The van der Waals surface area contributed by atoms with Crippen LogP contribution < -0.4 is 10.1 Å². The normalized spacial score (nSPS) is 11.8. The summed E-state index contributed by atoms with van der Waals surface area (Å²) in [4.78, 5) is 11.4. The van der Waals surface area contributed by atoms with Crippen molar-refractivity contribution in [3.8, 4) is 5.75 Å². The molecular weight excluding hydrogens is 382 g/mol. The Balaban J connectivity index is 1.45. The molecule has 3 aromatic rings. The second kappa shape index (κ2) is 9.50. The summed E-state index contributed by atoms with van der Waals surface area (Å²) in [5.41, 5.74) is 1.54. The summed E-state index contributed by atoms with van der Waals surface area (Å²) in [7, 11) is 0. The Hall–Kier alpha value is -2.42. The zero-order valence-electron chi connectivity index (χ0n) is 14.7. The molecule has 0 fully saturated rings. The molecule has 1 aromatic heterocycles. The van der Waals surface area contributed by atoms with Gasteiger partial charge in [-0.3, -0.25) is 4.79 Å². The molecule has 0 radical (unpaired) electrons. The lowest BCUT2D eigenvalue weighted by atomic mass is 10.1. The van der Waals surface area contributed by atoms with Crippen molar-refractivity contribution < 1.29 is 14.6 Å². The molecule has 140 valence electrons. The molecule has 0 bridgehead atoms. The number of benzene rings is 2. The van der Waals surface area contributed by atoms with Crippen LogP contribution in [0.15, 0.2) is 58.9 Å². The lowest BCUT2D eigenvalue weighted by molar-refractivity contribution is 0.101. The van der Waals surface area contributed by atoms with Crippen LogP contribution in [-0.4, -0.2) is 39.6 Å². The van der Waals surface area contributed by atoms with E-state index >= 15 is 0 Å². The lowest BCUT2D eigenvalue weighted by Gasteiger charge is -2.11. The van der Waals surface area contributed by atoms with E-state index in [4.69, 9.17) is 4.74 Å². The summed E-state index contributed by atoms with van der Waals surface area (Å²) in [6, 6.07) is 16.7. The zero-order chi connectivity index (χ0) is 19.1. The summed E-state index contributed by atoms with van der Waals surface area (Å²) >= 11 is 2.85. The molecule has 6 nitrogen and oxygen atoms in total. The number of hydrogen-bond donors (Lipinski definition) is 2. The van der Waals surface area contributed by atoms with E-state index in [9.17, 15) is 9.90 Å². The molecule has 3 rings (SSSR count). The molecule has 1 atom stereocenters. The van der Waals surface area contributed by atoms with Crippen LogP contribution >= 0.6 is 23.1 Å². The van der Waals surface area contributed by atoms with E-state index in [-0.39, 0.29) is 12.4 Å². The van der Waals surface area contributed by atoms with E-state index in [1.165, 1.54) is 30.0 Å². The number of anilines is 2. The van der Waals surface area contributed by atoms with E-state index < -0.39 is 6.10 Å². The molecule has 0 aliphatic carbocycles. The number of para-hydroxylation sites is 1. The highest BCUT2D eigenvalue weighted by Gasteiger charge is 2.11. The molecular formula is C19H19N3O3S2. The number of aliphatic hydroxyl groups excluding tert-OH is 1. The second-order valence-electron chi connectivity index (χ2n) is 5.72. The lowest BCUT2D eigenvalue weighted by Crippen LogP contribution is -2.20. The van der Waals surface area contributed by atoms with Crippen LogP contribution in [0, 0.1) is 0 Å². The van der Waals surface area contributed by atoms with Crippen molar-refractivity contribution in [1.29, 1.82) is 0 Å². The second-order valence-corrected chi connectivity index (χ2v) is 7.97. The van der Waals surface area contributed by atoms with Crippen molar-refractivity contribution in [3.63, 3.8) is 0 Å². The maximum Gasteiger partial charge on any atom is 0.210 e. The summed E-state index contributed by atoms with van der Waals surface area (Å²) in [6.07, 6.45) is -0.662. The Morgan fingerprint density at radius 3 is 2.81 bits per heavy atom. The number of carbonyl (C=O) groups is 1. The molecule has 2 N–H and O–H groups in total. The minimum absolute atomic E-state index is 0.0206. The van der Waals surface area contributed by atoms with Crippen molar-refractivity contribution in [2.75, 3.05) is 17.7 Å². The molecule has 0 aliphatic rings. The van der Waals surface area contributed by atoms with Crippen LogP contribution in [-0.2, 0) is 0 Å². The van der Waals surface area contributed by atoms with E-state index in [0.29, 0.717) is 22.2 Å². The van der Waals surface area contributed by atoms with E-state index in [2.05, 4.69) is 15.5 Å². The Labute approximate surface area is 165 Å². The first-order valence-corrected chi connectivity index (χ1v) is 10.1. The number of carbonyl (C=O) groups excluding carboxylic acids is 1. The van der Waals surface area contributed by atoms with Gasteiger partial charge < -0.3 is 15.2 Å². The van der Waals surface area contributed by atoms with Gasteiger partial charge in [0, 0.05) is 17.0 Å². The summed E-state index contributed by atoms with van der Waals surface area (Å²) < 4.78 is 6.34. The SMILES string of the molecule is CC(=O)c1cccc(OCC(O)CSc2nnc(Nc3ccccc3)s2)c1. The van der Waals surface area contributed by atoms with Crippen LogP contribution in [0.5, 0.6) is 5.75 Å². The highest BCUT2D eigenvalue weighted by Crippen LogP contribution is 2.28. The van der Waals surface area contributed by atoms with Gasteiger partial charge in [-0.25, -0.2) is 0 Å². The highest BCUT2D eigenvalue weighted by molar-refractivity contribution is 8.01. The minimum Gasteiger partial charge on any atom is -0.491 e. The fourth-order valence-electron chi connectivity index (χ4n) is 2.18. The van der Waals surface area contributed by atoms with Crippen molar-refractivity contribution >= 4 is 39.7 Å². The number of hydrogen-bond acceptors (Lipinski definition) is 8. The molecule has 1 heterocycles. The van der Waals surface area contributed by atoms with Gasteiger partial charge in [-0.2, -0.15) is 0 Å². The number of ether oxygens (including phenoxy) is 1. The van der Waals surface area contributed by atoms with Crippen LogP contribution in [0.25, 0.3) is 0 Å². The molecule has 0 spiro atoms. The summed E-state index contributed by atoms with van der Waals surface area (Å²) in [5, 5.41) is 22.2. The largest absolute Gasteiger partial charge is 0.491 e. The topological polar surface area (TPSA) is 84.3 Å². The van der Waals surface area contributed by atoms with Crippen LogP contribution in [0.4, 0.5) is 10.8 Å². The number of nitrogens with one attached hydrogen (secondary N) is 1. The van der Waals surface area contributed by atoms with Gasteiger partial charge in [-0.15, -0.1) is 10.2 Å². The van der Waals surface area contributed by atoms with Crippen LogP contribution in [0.2, 0.25) is 0 Å². The van der Waals surface area contributed by atoms with E-state index in [0.717, 1.165) is 10.0 Å². The molecule has 0 amide bonds. The van der Waals surface area contributed by atoms with Crippen LogP contribution in [0.1, 0.15) is 17.3 Å². The van der Waals surface area contributed by atoms with Gasteiger partial charge >= 0.3 is 0 Å². The molecule has 8 heteroatoms. The molecule has 0 saturated heterocycles. The minimum atomic E-state index is -0.662. The zero-order valence-corrected chi connectivity index (χ0v) is 16.3. The van der Waals surface area contributed by atoms with Gasteiger partial charge in [-0.1, -0.05) is 53.4 Å². The van der Waals surface area contributed by atoms with Crippen molar-refractivity contribution in [2.24, 2.45) is 0 Å². The first-order chi connectivity index (χ1) is 13.1. The van der Waals surface area contributed by atoms with E-state index in [1.807, 2.05) is 30.3 Å². The molecule has 27 heavy (non-hydrogen) atoms. The standard InChI is InChI=1S/C19H19N3O3S2/c1-13(23)14-6-5-9-17(10-14)25-11-16(24)12-26-19-22-21-18(27-19)20-15-7-3-2-4-8-15/h2-10,16,24H,11-12H2,1H3,(H,20,21). The van der Waals surface area contributed by atoms with Crippen molar-refractivity contribution in [1.82, 2.24) is 10.2 Å². The number of aromatic nitrogens is 2. The Morgan fingerprint density at radius 2 is 2.04 bits per heavy atom. The summed E-state index contributed by atoms with van der Waals surface area (Å²) in [6.45, 7) is 1.65. The third-order valence-electron chi connectivity index (χ3n) is 3.51. The van der Waals surface area contributed by atoms with Gasteiger partial charge in [0.2, 0.25) is 5.13 Å². The number of thioether (sulfide) groups is 1. The fraction of sp³-hybridized carbons (Fsp3) is 0.211. The fourth-order valence-corrected chi connectivity index (χ4v) is 3.88. The summed E-state index contributed by atoms with van der Waals surface area (Å²) in [5.74, 6) is 0.983. The van der Waals surface area contributed by atoms with Crippen LogP contribution in [0.3, 0.4) is 0 Å². The number of aliphatic hydroxyl groups is 1. The first kappa shape index (κ1) is 19.3. The Bertz CT molecular complexity index is 887. The number of rotatable bonds is 9. The smallest absolute Gasteiger partial charge is 0.210 e. The number of ketones is 1. The monoisotopic (exact) mass is 401 g/mol. The van der Waals surface area contributed by atoms with E-state index in [1.54, 1.807) is 24.3 Å². The van der Waals surface area contributed by atoms with Gasteiger partial charge in [0.15, 0.2) is 10.1 Å². The van der Waals surface area contributed by atoms with Gasteiger partial charge in [0.1, 0.15) is 12.4 Å².